The number of hydrogen-bond acceptors (Lipinski definition) is 3. The molecular weight excluding hydrogens is 188 g/mol. The molecule has 1 saturated carbocycles. The summed E-state index contributed by atoms with van der Waals surface area (Å²) in [6.07, 6.45) is 4.53. The summed E-state index contributed by atoms with van der Waals surface area (Å²) in [5, 5.41) is -0.736. The van der Waals surface area contributed by atoms with Crippen molar-refractivity contribution in [1.29, 1.82) is 0 Å². The fraction of sp³-hybridized carbons (Fsp3) is 0.889. The van der Waals surface area contributed by atoms with Crippen LogP contribution < -0.4 is 0 Å². The zero-order valence-electron chi connectivity index (χ0n) is 7.90. The number of carbonyl (C=O) groups is 1. The van der Waals surface area contributed by atoms with Crippen molar-refractivity contribution in [3.8, 4) is 0 Å². The van der Waals surface area contributed by atoms with Gasteiger partial charge < -0.3 is 4.79 Å². The molecule has 0 N–H and O–H groups in total. The van der Waals surface area contributed by atoms with Crippen molar-refractivity contribution in [1.82, 2.24) is 0 Å². The predicted molar refractivity (Wildman–Crippen MR) is 51.3 cm³/mol. The Morgan fingerprint density at radius 3 is 2.31 bits per heavy atom. The first kappa shape index (κ1) is 10.7. The van der Waals surface area contributed by atoms with E-state index in [0.717, 1.165) is 25.7 Å². The van der Waals surface area contributed by atoms with Crippen LogP contribution in [0.4, 0.5) is 0 Å². The summed E-state index contributed by atoms with van der Waals surface area (Å²) in [5.74, 6) is 0.162. The van der Waals surface area contributed by atoms with Gasteiger partial charge in [0.05, 0.1) is 0 Å². The normalized spacial score (nSPS) is 21.6. The highest BCUT2D eigenvalue weighted by Gasteiger charge is 2.33. The molecule has 0 saturated heterocycles. The lowest BCUT2D eigenvalue weighted by Gasteiger charge is -2.16. The predicted octanol–water partition coefficient (Wildman–Crippen LogP) is 1.18. The number of sulfone groups is 1. The SMILES string of the molecule is CCS(=O)(=O)[C@H](C=O)C1CCCC1. The molecule has 0 amide bonds. The van der Waals surface area contributed by atoms with Crippen molar-refractivity contribution >= 4 is 16.1 Å². The molecule has 0 aliphatic heterocycles. The maximum atomic E-state index is 11.5. The zero-order valence-corrected chi connectivity index (χ0v) is 8.72. The minimum Gasteiger partial charge on any atom is -0.302 e. The van der Waals surface area contributed by atoms with Crippen LogP contribution >= 0.6 is 0 Å². The third-order valence-corrected chi connectivity index (χ3v) is 4.95. The number of hydrogen-bond donors (Lipinski definition) is 0. The van der Waals surface area contributed by atoms with Crippen LogP contribution in [0.5, 0.6) is 0 Å². The Balaban J connectivity index is 2.77. The van der Waals surface area contributed by atoms with Crippen LogP contribution in [-0.4, -0.2) is 25.7 Å². The van der Waals surface area contributed by atoms with Gasteiger partial charge >= 0.3 is 0 Å². The smallest absolute Gasteiger partial charge is 0.159 e. The van der Waals surface area contributed by atoms with E-state index in [-0.39, 0.29) is 11.7 Å². The molecule has 76 valence electrons. The van der Waals surface area contributed by atoms with Crippen molar-refractivity contribution in [2.45, 2.75) is 37.9 Å². The summed E-state index contributed by atoms with van der Waals surface area (Å²) in [6.45, 7) is 1.60. The van der Waals surface area contributed by atoms with E-state index in [1.165, 1.54) is 0 Å². The molecule has 0 aromatic rings. The molecule has 0 heterocycles. The average molecular weight is 204 g/mol. The first-order valence-corrected chi connectivity index (χ1v) is 6.50. The van der Waals surface area contributed by atoms with E-state index in [9.17, 15) is 13.2 Å². The first-order valence-electron chi connectivity index (χ1n) is 4.78. The molecule has 0 aromatic heterocycles. The molecule has 0 bridgehead atoms. The van der Waals surface area contributed by atoms with E-state index in [1.54, 1.807) is 6.92 Å². The lowest BCUT2D eigenvalue weighted by Crippen LogP contribution is -2.31. The maximum Gasteiger partial charge on any atom is 0.159 e. The van der Waals surface area contributed by atoms with E-state index in [2.05, 4.69) is 0 Å². The molecule has 1 aliphatic rings. The summed E-state index contributed by atoms with van der Waals surface area (Å²) < 4.78 is 23.0. The minimum atomic E-state index is -3.16. The number of rotatable bonds is 4. The zero-order chi connectivity index (χ0) is 9.90. The fourth-order valence-corrected chi connectivity index (χ4v) is 3.38. The van der Waals surface area contributed by atoms with E-state index in [1.807, 2.05) is 0 Å². The quantitative estimate of drug-likeness (QED) is 0.646. The Morgan fingerprint density at radius 2 is 1.92 bits per heavy atom. The Morgan fingerprint density at radius 1 is 1.38 bits per heavy atom. The molecule has 1 fully saturated rings. The second-order valence-electron chi connectivity index (χ2n) is 3.60. The van der Waals surface area contributed by atoms with Crippen LogP contribution in [0.1, 0.15) is 32.6 Å². The fourth-order valence-electron chi connectivity index (χ4n) is 1.97. The molecule has 0 spiro atoms. The summed E-state index contributed by atoms with van der Waals surface area (Å²) in [7, 11) is -3.16. The van der Waals surface area contributed by atoms with Crippen LogP contribution in [-0.2, 0) is 14.6 Å². The molecule has 0 aromatic carbocycles. The summed E-state index contributed by atoms with van der Waals surface area (Å²) in [6, 6.07) is 0. The molecule has 1 rings (SSSR count). The van der Waals surface area contributed by atoms with Gasteiger partial charge in [0.15, 0.2) is 9.84 Å². The molecule has 1 aliphatic carbocycles. The maximum absolute atomic E-state index is 11.5. The Labute approximate surface area is 79.4 Å². The van der Waals surface area contributed by atoms with E-state index >= 15 is 0 Å². The summed E-state index contributed by atoms with van der Waals surface area (Å²) in [4.78, 5) is 10.7. The summed E-state index contributed by atoms with van der Waals surface area (Å²) >= 11 is 0. The van der Waals surface area contributed by atoms with Gasteiger partial charge in [-0.05, 0) is 18.8 Å². The highest BCUT2D eigenvalue weighted by molar-refractivity contribution is 7.92. The van der Waals surface area contributed by atoms with E-state index in [0.29, 0.717) is 6.29 Å². The van der Waals surface area contributed by atoms with Crippen LogP contribution in [0.25, 0.3) is 0 Å². The van der Waals surface area contributed by atoms with Crippen LogP contribution in [0.3, 0.4) is 0 Å². The van der Waals surface area contributed by atoms with Gasteiger partial charge in [-0.15, -0.1) is 0 Å². The lowest BCUT2D eigenvalue weighted by atomic mass is 10.1. The lowest BCUT2D eigenvalue weighted by molar-refractivity contribution is -0.108. The highest BCUT2D eigenvalue weighted by Crippen LogP contribution is 2.30. The Hall–Kier alpha value is -0.380. The molecule has 4 heteroatoms. The van der Waals surface area contributed by atoms with Gasteiger partial charge in [-0.25, -0.2) is 8.42 Å². The van der Waals surface area contributed by atoms with Crippen molar-refractivity contribution in [2.75, 3.05) is 5.75 Å². The Bertz CT molecular complexity index is 263. The van der Waals surface area contributed by atoms with Crippen LogP contribution in [0.2, 0.25) is 0 Å². The van der Waals surface area contributed by atoms with Gasteiger partial charge in [0.1, 0.15) is 11.5 Å². The second kappa shape index (κ2) is 4.22. The van der Waals surface area contributed by atoms with Crippen molar-refractivity contribution in [2.24, 2.45) is 5.92 Å². The van der Waals surface area contributed by atoms with Gasteiger partial charge in [0.25, 0.3) is 0 Å². The van der Waals surface area contributed by atoms with Crippen LogP contribution in [0.15, 0.2) is 0 Å². The molecule has 3 nitrogen and oxygen atoms in total. The largest absolute Gasteiger partial charge is 0.302 e. The highest BCUT2D eigenvalue weighted by atomic mass is 32.2. The second-order valence-corrected chi connectivity index (χ2v) is 6.04. The number of carbonyl (C=O) groups excluding carboxylic acids is 1. The van der Waals surface area contributed by atoms with Crippen molar-refractivity contribution < 1.29 is 13.2 Å². The van der Waals surface area contributed by atoms with Crippen LogP contribution in [0, 0.1) is 5.92 Å². The van der Waals surface area contributed by atoms with Gasteiger partial charge in [0.2, 0.25) is 0 Å². The van der Waals surface area contributed by atoms with Gasteiger partial charge in [-0.3, -0.25) is 0 Å². The van der Waals surface area contributed by atoms with E-state index < -0.39 is 15.1 Å². The third-order valence-electron chi connectivity index (χ3n) is 2.82. The monoisotopic (exact) mass is 204 g/mol. The Kier molecular flexibility index (Phi) is 3.47. The van der Waals surface area contributed by atoms with Gasteiger partial charge in [-0.1, -0.05) is 19.8 Å². The van der Waals surface area contributed by atoms with Crippen molar-refractivity contribution in [3.63, 3.8) is 0 Å². The minimum absolute atomic E-state index is 0.0763. The molecule has 1 atom stereocenters. The molecule has 0 unspecified atom stereocenters. The standard InChI is InChI=1S/C9H16O3S/c1-2-13(11,12)9(7-10)8-5-3-4-6-8/h7-9H,2-6H2,1H3/t9-/m1/s1. The van der Waals surface area contributed by atoms with Gasteiger partial charge in [-0.2, -0.15) is 0 Å². The third kappa shape index (κ3) is 2.30. The molecule has 13 heavy (non-hydrogen) atoms. The summed E-state index contributed by atoms with van der Waals surface area (Å²) in [5.41, 5.74) is 0. The topological polar surface area (TPSA) is 51.2 Å². The van der Waals surface area contributed by atoms with Crippen molar-refractivity contribution in [3.05, 3.63) is 0 Å². The first-order chi connectivity index (χ1) is 6.11. The molecular formula is C9H16O3S. The number of aldehydes is 1. The average Bonchev–Trinajstić information content (AvgIpc) is 2.58. The molecule has 0 radical (unpaired) electrons. The van der Waals surface area contributed by atoms with Gasteiger partial charge in [0, 0.05) is 5.75 Å². The van der Waals surface area contributed by atoms with E-state index in [4.69, 9.17) is 0 Å².